The van der Waals surface area contributed by atoms with Gasteiger partial charge in [-0.2, -0.15) is 0 Å². The number of esters is 1. The maximum absolute atomic E-state index is 15.3. The molecule has 5 rings (SSSR count). The third kappa shape index (κ3) is 4.04. The van der Waals surface area contributed by atoms with E-state index in [2.05, 4.69) is 0 Å². The van der Waals surface area contributed by atoms with Crippen LogP contribution in [-0.2, 0) is 14.1 Å². The summed E-state index contributed by atoms with van der Waals surface area (Å²) in [7, 11) is -2.35. The summed E-state index contributed by atoms with van der Waals surface area (Å²) in [5, 5.41) is 1.09. The molecule has 4 aromatic rings. The number of hydrogen-bond donors (Lipinski definition) is 0. The zero-order valence-electron chi connectivity index (χ0n) is 19.4. The van der Waals surface area contributed by atoms with E-state index >= 15 is 4.57 Å². The van der Waals surface area contributed by atoms with Crippen LogP contribution in [0.4, 0.5) is 8.78 Å². The molecule has 0 radical (unpaired) electrons. The smallest absolute Gasteiger partial charge is 0.325 e. The van der Waals surface area contributed by atoms with Gasteiger partial charge in [0, 0.05) is 16.2 Å². The maximum Gasteiger partial charge on any atom is 0.325 e. The molecule has 0 saturated carbocycles. The van der Waals surface area contributed by atoms with Gasteiger partial charge >= 0.3 is 5.97 Å². The SMILES string of the molecule is COC(=O)CN1C(c2ccc(F)cc2)=C(c2ccc(F)cc2)c2ccccc2P1(=O)c1ccccc1. The number of halogens is 2. The number of carbonyl (C=O) groups excluding carboxylic acids is 1. The molecule has 4 nitrogen and oxygen atoms in total. The van der Waals surface area contributed by atoms with Crippen molar-refractivity contribution in [2.75, 3.05) is 13.7 Å². The Morgan fingerprint density at radius 3 is 1.94 bits per heavy atom. The van der Waals surface area contributed by atoms with Gasteiger partial charge in [0.2, 0.25) is 7.29 Å². The highest BCUT2D eigenvalue weighted by atomic mass is 31.2. The van der Waals surface area contributed by atoms with Crippen molar-refractivity contribution in [3.63, 3.8) is 0 Å². The second-order valence-corrected chi connectivity index (χ2v) is 10.9. The summed E-state index contributed by atoms with van der Waals surface area (Å²) in [5.41, 5.74) is 3.04. The van der Waals surface area contributed by atoms with E-state index in [0.29, 0.717) is 38.6 Å². The lowest BCUT2D eigenvalue weighted by atomic mass is 9.92. The first-order valence-corrected chi connectivity index (χ1v) is 13.0. The van der Waals surface area contributed by atoms with E-state index in [-0.39, 0.29) is 6.54 Å². The highest BCUT2D eigenvalue weighted by Gasteiger charge is 2.44. The van der Waals surface area contributed by atoms with Crippen molar-refractivity contribution in [1.82, 2.24) is 4.67 Å². The van der Waals surface area contributed by atoms with E-state index in [1.54, 1.807) is 65.3 Å². The number of fused-ring (bicyclic) bond motifs is 1. The van der Waals surface area contributed by atoms with E-state index < -0.39 is 24.9 Å². The highest BCUT2D eigenvalue weighted by Crippen LogP contribution is 2.58. The summed E-state index contributed by atoms with van der Waals surface area (Å²) < 4.78 is 49.7. The van der Waals surface area contributed by atoms with Crippen LogP contribution in [0.5, 0.6) is 0 Å². The van der Waals surface area contributed by atoms with Crippen molar-refractivity contribution in [2.45, 2.75) is 0 Å². The quantitative estimate of drug-likeness (QED) is 0.264. The number of hydrogen-bond acceptors (Lipinski definition) is 3. The predicted molar refractivity (Wildman–Crippen MR) is 137 cm³/mol. The lowest BCUT2D eigenvalue weighted by Gasteiger charge is -2.41. The Bertz CT molecular complexity index is 1500. The van der Waals surface area contributed by atoms with Gasteiger partial charge in [-0.05, 0) is 71.3 Å². The van der Waals surface area contributed by atoms with Gasteiger partial charge < -0.3 is 9.41 Å². The molecule has 7 heteroatoms. The van der Waals surface area contributed by atoms with Crippen LogP contribution in [-0.4, -0.2) is 24.3 Å². The van der Waals surface area contributed by atoms with Gasteiger partial charge in [-0.15, -0.1) is 0 Å². The third-order valence-corrected chi connectivity index (χ3v) is 9.26. The van der Waals surface area contributed by atoms with Gasteiger partial charge in [0.05, 0.1) is 12.8 Å². The van der Waals surface area contributed by atoms with Crippen molar-refractivity contribution < 1.29 is 22.9 Å². The molecule has 0 aromatic heterocycles. The Balaban J connectivity index is 1.93. The summed E-state index contributed by atoms with van der Waals surface area (Å²) in [6, 6.07) is 28.0. The Hall–Kier alpha value is -4.02. The van der Waals surface area contributed by atoms with Gasteiger partial charge in [-0.1, -0.05) is 48.5 Å². The standard InChI is InChI=1S/C29H22F2NO3P/c1-35-27(33)19-32-29(21-13-17-23(31)18-14-21)28(20-11-15-22(30)16-12-20)25-9-5-6-10-26(25)36(32,34)24-7-3-2-4-8-24/h2-18H,19H2,1H3. The van der Waals surface area contributed by atoms with Crippen LogP contribution in [0.15, 0.2) is 103 Å². The molecule has 0 amide bonds. The van der Waals surface area contributed by atoms with Crippen LogP contribution in [0.1, 0.15) is 16.7 Å². The average molecular weight is 501 g/mol. The number of benzene rings is 4. The molecule has 1 aliphatic heterocycles. The monoisotopic (exact) mass is 501 g/mol. The van der Waals surface area contributed by atoms with Crippen molar-refractivity contribution in [2.24, 2.45) is 0 Å². The summed E-state index contributed by atoms with van der Waals surface area (Å²) in [6.45, 7) is -0.311. The number of ether oxygens (including phenoxy) is 1. The lowest BCUT2D eigenvalue weighted by molar-refractivity contribution is -0.140. The molecule has 0 aliphatic carbocycles. The zero-order chi connectivity index (χ0) is 25.3. The van der Waals surface area contributed by atoms with Gasteiger partial charge in [0.25, 0.3) is 0 Å². The summed E-state index contributed by atoms with van der Waals surface area (Å²) in [4.78, 5) is 12.7. The number of rotatable bonds is 5. The first-order chi connectivity index (χ1) is 17.4. The van der Waals surface area contributed by atoms with Crippen LogP contribution < -0.4 is 10.6 Å². The van der Waals surface area contributed by atoms with Gasteiger partial charge in [-0.3, -0.25) is 9.36 Å². The van der Waals surface area contributed by atoms with Crippen molar-refractivity contribution >= 4 is 35.1 Å². The molecular weight excluding hydrogens is 479 g/mol. The minimum Gasteiger partial charge on any atom is -0.468 e. The fourth-order valence-corrected chi connectivity index (χ4v) is 7.57. The molecule has 1 unspecified atom stereocenters. The molecular formula is C29H22F2NO3P. The maximum atomic E-state index is 15.3. The van der Waals surface area contributed by atoms with E-state index in [0.717, 1.165) is 0 Å². The van der Waals surface area contributed by atoms with Gasteiger partial charge in [0.1, 0.15) is 18.2 Å². The summed E-state index contributed by atoms with van der Waals surface area (Å²) in [6.07, 6.45) is 0. The van der Waals surface area contributed by atoms with Crippen LogP contribution in [0.2, 0.25) is 0 Å². The van der Waals surface area contributed by atoms with Crippen molar-refractivity contribution in [3.05, 3.63) is 131 Å². The van der Waals surface area contributed by atoms with Gasteiger partial charge in [-0.25, -0.2) is 8.78 Å². The second kappa shape index (κ2) is 9.56. The molecule has 0 saturated heterocycles. The Morgan fingerprint density at radius 2 is 1.33 bits per heavy atom. The molecule has 0 spiro atoms. The Morgan fingerprint density at radius 1 is 0.778 bits per heavy atom. The topological polar surface area (TPSA) is 46.6 Å². The van der Waals surface area contributed by atoms with Crippen molar-refractivity contribution in [3.8, 4) is 0 Å². The third-order valence-electron chi connectivity index (χ3n) is 6.20. The normalized spacial score (nSPS) is 17.0. The average Bonchev–Trinajstić information content (AvgIpc) is 2.91. The van der Waals surface area contributed by atoms with Crippen LogP contribution in [0.25, 0.3) is 11.3 Å². The molecule has 36 heavy (non-hydrogen) atoms. The fraction of sp³-hybridized carbons (Fsp3) is 0.0690. The van der Waals surface area contributed by atoms with Gasteiger partial charge in [0.15, 0.2) is 0 Å². The molecule has 1 aliphatic rings. The second-order valence-electron chi connectivity index (χ2n) is 8.30. The van der Waals surface area contributed by atoms with Crippen molar-refractivity contribution in [1.29, 1.82) is 0 Å². The zero-order valence-corrected chi connectivity index (χ0v) is 20.3. The van der Waals surface area contributed by atoms with E-state index in [1.807, 2.05) is 18.2 Å². The minimum absolute atomic E-state index is 0.311. The Labute approximate surface area is 207 Å². The first-order valence-electron chi connectivity index (χ1n) is 11.3. The largest absolute Gasteiger partial charge is 0.468 e. The van der Waals surface area contributed by atoms with E-state index in [9.17, 15) is 13.6 Å². The van der Waals surface area contributed by atoms with E-state index in [1.165, 1.54) is 31.4 Å². The summed E-state index contributed by atoms with van der Waals surface area (Å²) in [5.74, 6) is -1.40. The Kier molecular flexibility index (Phi) is 6.29. The number of nitrogens with zero attached hydrogens (tertiary/aromatic N) is 1. The molecule has 1 heterocycles. The highest BCUT2D eigenvalue weighted by molar-refractivity contribution is 7.77. The fourth-order valence-electron chi connectivity index (χ4n) is 4.56. The molecule has 0 fully saturated rings. The molecule has 4 aromatic carbocycles. The van der Waals surface area contributed by atoms with Crippen LogP contribution in [0.3, 0.4) is 0 Å². The number of carbonyl (C=O) groups is 1. The predicted octanol–water partition coefficient (Wildman–Crippen LogP) is 5.60. The number of methoxy groups -OCH3 is 1. The van der Waals surface area contributed by atoms with E-state index in [4.69, 9.17) is 4.74 Å². The van der Waals surface area contributed by atoms with Crippen LogP contribution >= 0.6 is 7.29 Å². The lowest BCUT2D eigenvalue weighted by Crippen LogP contribution is -2.39. The molecule has 0 N–H and O–H groups in total. The molecule has 0 bridgehead atoms. The van der Waals surface area contributed by atoms with Crippen LogP contribution in [0, 0.1) is 11.6 Å². The first kappa shape index (κ1) is 23.7. The molecule has 1 atom stereocenters. The molecule has 180 valence electrons. The summed E-state index contributed by atoms with van der Waals surface area (Å²) >= 11 is 0. The minimum atomic E-state index is -3.63.